The molecule has 6 nitrogen and oxygen atoms in total. The molecule has 2 amide bonds. The van der Waals surface area contributed by atoms with Crippen LogP contribution in [0.2, 0.25) is 0 Å². The molecule has 20 heavy (non-hydrogen) atoms. The highest BCUT2D eigenvalue weighted by Gasteiger charge is 2.21. The van der Waals surface area contributed by atoms with E-state index in [1.54, 1.807) is 4.90 Å². The zero-order valence-electron chi connectivity index (χ0n) is 11.3. The summed E-state index contributed by atoms with van der Waals surface area (Å²) in [5.74, 6) is -0.156. The molecule has 0 aliphatic carbocycles. The van der Waals surface area contributed by atoms with E-state index >= 15 is 0 Å². The zero-order chi connectivity index (χ0) is 14.1. The second-order valence-electron chi connectivity index (χ2n) is 4.97. The Morgan fingerprint density at radius 3 is 3.05 bits per heavy atom. The molecule has 1 fully saturated rings. The van der Waals surface area contributed by atoms with Crippen molar-refractivity contribution in [2.45, 2.75) is 13.3 Å². The first-order chi connectivity index (χ1) is 9.63. The number of nitrogens with zero attached hydrogens (tertiary/aromatic N) is 3. The summed E-state index contributed by atoms with van der Waals surface area (Å²) in [4.78, 5) is 29.5. The molecule has 1 aliphatic rings. The lowest BCUT2D eigenvalue weighted by Gasteiger charge is -2.26. The molecule has 0 unspecified atom stereocenters. The predicted molar refractivity (Wildman–Crippen MR) is 73.2 cm³/mol. The number of aryl methyl sites for hydroxylation is 1. The summed E-state index contributed by atoms with van der Waals surface area (Å²) >= 11 is 0. The van der Waals surface area contributed by atoms with Gasteiger partial charge in [-0.05, 0) is 19.1 Å². The maximum Gasteiger partial charge on any atom is 0.239 e. The van der Waals surface area contributed by atoms with Gasteiger partial charge < -0.3 is 14.6 Å². The molecule has 0 spiro atoms. The molecule has 104 valence electrons. The van der Waals surface area contributed by atoms with Gasteiger partial charge in [0.25, 0.3) is 0 Å². The first-order valence-electron chi connectivity index (χ1n) is 6.61. The Hall–Kier alpha value is -2.37. The Labute approximate surface area is 116 Å². The van der Waals surface area contributed by atoms with Crippen molar-refractivity contribution in [3.63, 3.8) is 0 Å². The van der Waals surface area contributed by atoms with E-state index in [9.17, 15) is 9.59 Å². The van der Waals surface area contributed by atoms with E-state index in [1.165, 1.54) is 0 Å². The molecular formula is C14H16N4O2. The molecule has 0 radical (unpaired) electrons. The van der Waals surface area contributed by atoms with Crippen molar-refractivity contribution < 1.29 is 9.59 Å². The van der Waals surface area contributed by atoms with Crippen LogP contribution in [0.1, 0.15) is 11.4 Å². The van der Waals surface area contributed by atoms with Crippen LogP contribution < -0.4 is 5.32 Å². The van der Waals surface area contributed by atoms with Gasteiger partial charge in [0.1, 0.15) is 5.65 Å². The van der Waals surface area contributed by atoms with Crippen molar-refractivity contribution in [3.05, 3.63) is 35.8 Å². The lowest BCUT2D eigenvalue weighted by molar-refractivity contribution is -0.137. The molecule has 2 aromatic rings. The minimum Gasteiger partial charge on any atom is -0.353 e. The lowest BCUT2D eigenvalue weighted by atomic mass is 10.2. The first-order valence-corrected chi connectivity index (χ1v) is 6.61. The number of carbonyl (C=O) groups is 2. The predicted octanol–water partition coefficient (Wildman–Crippen LogP) is 0.144. The number of aromatic nitrogens is 2. The molecule has 1 N–H and O–H groups in total. The third kappa shape index (κ3) is 2.36. The fourth-order valence-corrected chi connectivity index (χ4v) is 2.40. The largest absolute Gasteiger partial charge is 0.353 e. The van der Waals surface area contributed by atoms with Gasteiger partial charge in [0.15, 0.2) is 0 Å². The lowest BCUT2D eigenvalue weighted by Crippen LogP contribution is -2.50. The molecule has 6 heteroatoms. The highest BCUT2D eigenvalue weighted by molar-refractivity contribution is 5.86. The van der Waals surface area contributed by atoms with Gasteiger partial charge in [-0.1, -0.05) is 6.07 Å². The van der Waals surface area contributed by atoms with E-state index in [0.29, 0.717) is 13.1 Å². The van der Waals surface area contributed by atoms with Crippen LogP contribution in [0.3, 0.4) is 0 Å². The highest BCUT2D eigenvalue weighted by Crippen LogP contribution is 2.10. The van der Waals surface area contributed by atoms with E-state index in [-0.39, 0.29) is 24.8 Å². The van der Waals surface area contributed by atoms with E-state index < -0.39 is 0 Å². The summed E-state index contributed by atoms with van der Waals surface area (Å²) < 4.78 is 1.96. The van der Waals surface area contributed by atoms with Crippen molar-refractivity contribution in [1.29, 1.82) is 0 Å². The van der Waals surface area contributed by atoms with Crippen LogP contribution >= 0.6 is 0 Å². The van der Waals surface area contributed by atoms with Crippen molar-refractivity contribution in [2.24, 2.45) is 0 Å². The summed E-state index contributed by atoms with van der Waals surface area (Å²) in [7, 11) is 0. The normalized spacial score (nSPS) is 15.4. The topological polar surface area (TPSA) is 66.7 Å². The smallest absolute Gasteiger partial charge is 0.239 e. The van der Waals surface area contributed by atoms with Crippen LogP contribution in [0.5, 0.6) is 0 Å². The van der Waals surface area contributed by atoms with Crippen LogP contribution in [0.4, 0.5) is 0 Å². The molecule has 3 heterocycles. The zero-order valence-corrected chi connectivity index (χ0v) is 11.3. The van der Waals surface area contributed by atoms with Gasteiger partial charge >= 0.3 is 0 Å². The fourth-order valence-electron chi connectivity index (χ4n) is 2.40. The van der Waals surface area contributed by atoms with Crippen LogP contribution in [-0.2, 0) is 16.0 Å². The first kappa shape index (κ1) is 12.7. The second-order valence-corrected chi connectivity index (χ2v) is 4.97. The number of fused-ring (bicyclic) bond motifs is 1. The molecular weight excluding hydrogens is 256 g/mol. The van der Waals surface area contributed by atoms with Crippen molar-refractivity contribution in [3.8, 4) is 0 Å². The van der Waals surface area contributed by atoms with E-state index in [4.69, 9.17) is 0 Å². The molecule has 1 aliphatic heterocycles. The Balaban J connectivity index is 1.77. The molecule has 3 rings (SSSR count). The maximum absolute atomic E-state index is 12.2. The molecule has 1 saturated heterocycles. The quantitative estimate of drug-likeness (QED) is 0.846. The van der Waals surface area contributed by atoms with Crippen LogP contribution in [0, 0.1) is 6.92 Å². The number of imidazole rings is 1. The number of hydrogen-bond acceptors (Lipinski definition) is 3. The Morgan fingerprint density at radius 2 is 2.30 bits per heavy atom. The fraction of sp³-hybridized carbons (Fsp3) is 0.357. The third-order valence-corrected chi connectivity index (χ3v) is 3.47. The summed E-state index contributed by atoms with van der Waals surface area (Å²) in [5.41, 5.74) is 2.64. The van der Waals surface area contributed by atoms with E-state index in [2.05, 4.69) is 10.3 Å². The Morgan fingerprint density at radius 1 is 1.45 bits per heavy atom. The number of hydrogen-bond donors (Lipinski definition) is 1. The van der Waals surface area contributed by atoms with Crippen molar-refractivity contribution in [1.82, 2.24) is 19.6 Å². The van der Waals surface area contributed by atoms with Crippen LogP contribution in [-0.4, -0.2) is 45.7 Å². The standard InChI is InChI=1S/C14H16N4O2/c1-10-3-2-4-12-16-11(8-18(10)12)7-14(20)17-6-5-15-13(19)9-17/h2-4,8H,5-7,9H2,1H3,(H,15,19). The number of pyridine rings is 1. The highest BCUT2D eigenvalue weighted by atomic mass is 16.2. The molecule has 0 saturated carbocycles. The number of rotatable bonds is 2. The van der Waals surface area contributed by atoms with Gasteiger partial charge in [0, 0.05) is 25.0 Å². The maximum atomic E-state index is 12.2. The summed E-state index contributed by atoms with van der Waals surface area (Å²) in [6.07, 6.45) is 2.11. The van der Waals surface area contributed by atoms with Gasteiger partial charge in [-0.25, -0.2) is 4.98 Å². The molecule has 2 aromatic heterocycles. The van der Waals surface area contributed by atoms with Crippen molar-refractivity contribution >= 4 is 17.5 Å². The van der Waals surface area contributed by atoms with Gasteiger partial charge in [0.05, 0.1) is 18.7 Å². The Kier molecular flexibility index (Phi) is 3.14. The summed E-state index contributed by atoms with van der Waals surface area (Å²) in [5, 5.41) is 2.71. The Bertz CT molecular complexity index is 677. The van der Waals surface area contributed by atoms with E-state index in [0.717, 1.165) is 17.0 Å². The van der Waals surface area contributed by atoms with Gasteiger partial charge in [-0.15, -0.1) is 0 Å². The number of amides is 2. The number of nitrogens with one attached hydrogen (secondary N) is 1. The van der Waals surface area contributed by atoms with Gasteiger partial charge in [-0.3, -0.25) is 9.59 Å². The number of carbonyl (C=O) groups excluding carboxylic acids is 2. The second kappa shape index (κ2) is 4.96. The summed E-state index contributed by atoms with van der Waals surface area (Å²) in [6.45, 7) is 3.23. The average molecular weight is 272 g/mol. The third-order valence-electron chi connectivity index (χ3n) is 3.47. The monoisotopic (exact) mass is 272 g/mol. The number of piperazine rings is 1. The molecule has 0 atom stereocenters. The van der Waals surface area contributed by atoms with Gasteiger partial charge in [-0.2, -0.15) is 0 Å². The molecule has 0 bridgehead atoms. The van der Waals surface area contributed by atoms with Crippen LogP contribution in [0.15, 0.2) is 24.4 Å². The minimum atomic E-state index is -0.101. The minimum absolute atomic E-state index is 0.0547. The molecule has 0 aromatic carbocycles. The average Bonchev–Trinajstić information content (AvgIpc) is 2.83. The van der Waals surface area contributed by atoms with Gasteiger partial charge in [0.2, 0.25) is 11.8 Å². The van der Waals surface area contributed by atoms with E-state index in [1.807, 2.05) is 35.7 Å². The SMILES string of the molecule is Cc1cccc2nc(CC(=O)N3CCNC(=O)C3)cn12. The van der Waals surface area contributed by atoms with Crippen LogP contribution in [0.25, 0.3) is 5.65 Å². The summed E-state index contributed by atoms with van der Waals surface area (Å²) in [6, 6.07) is 5.85. The van der Waals surface area contributed by atoms with Crippen molar-refractivity contribution in [2.75, 3.05) is 19.6 Å².